The second-order valence-electron chi connectivity index (χ2n) is 6.81. The first-order valence-corrected chi connectivity index (χ1v) is 9.59. The molecule has 2 aromatic rings. The number of amides is 2. The van der Waals surface area contributed by atoms with Crippen molar-refractivity contribution in [2.24, 2.45) is 0 Å². The molecule has 0 aromatic heterocycles. The summed E-state index contributed by atoms with van der Waals surface area (Å²) in [5.74, 6) is 0.332. The molecule has 0 bridgehead atoms. The lowest BCUT2D eigenvalue weighted by atomic mass is 10.2. The number of ether oxygens (including phenoxy) is 3. The van der Waals surface area contributed by atoms with Gasteiger partial charge in [0.2, 0.25) is 5.91 Å². The van der Waals surface area contributed by atoms with Crippen molar-refractivity contribution in [2.75, 3.05) is 37.1 Å². The minimum Gasteiger partial charge on any atom is -0.492 e. The highest BCUT2D eigenvalue weighted by molar-refractivity contribution is 5.99. The summed E-state index contributed by atoms with van der Waals surface area (Å²) in [7, 11) is 1.28. The second kappa shape index (κ2) is 9.78. The van der Waals surface area contributed by atoms with Crippen molar-refractivity contribution in [3.05, 3.63) is 48.0 Å². The fourth-order valence-corrected chi connectivity index (χ4v) is 3.03. The van der Waals surface area contributed by atoms with Crippen molar-refractivity contribution in [1.29, 1.82) is 0 Å². The van der Waals surface area contributed by atoms with Crippen LogP contribution < -0.4 is 19.7 Å². The van der Waals surface area contributed by atoms with Crippen molar-refractivity contribution in [3.8, 4) is 11.5 Å². The number of methoxy groups -OCH3 is 1. The molecule has 1 N–H and O–H groups in total. The Labute approximate surface area is 174 Å². The largest absolute Gasteiger partial charge is 0.492 e. The SMILES string of the molecule is COC(=O)CCC(=O)Nc1ccc2c(c1)OCC(=O)N2CCOc1cccc(C)c1. The van der Waals surface area contributed by atoms with Gasteiger partial charge in [-0.3, -0.25) is 14.4 Å². The number of anilines is 2. The van der Waals surface area contributed by atoms with E-state index >= 15 is 0 Å². The molecule has 0 saturated carbocycles. The van der Waals surface area contributed by atoms with Crippen LogP contribution in [0.3, 0.4) is 0 Å². The molecule has 0 aliphatic carbocycles. The van der Waals surface area contributed by atoms with Gasteiger partial charge in [0.25, 0.3) is 5.91 Å². The summed E-state index contributed by atoms with van der Waals surface area (Å²) in [6.07, 6.45) is 0.0263. The van der Waals surface area contributed by atoms with E-state index in [-0.39, 0.29) is 31.3 Å². The van der Waals surface area contributed by atoms with E-state index in [0.29, 0.717) is 30.3 Å². The van der Waals surface area contributed by atoms with E-state index in [1.807, 2.05) is 31.2 Å². The summed E-state index contributed by atoms with van der Waals surface area (Å²) in [6.45, 7) is 2.60. The molecule has 1 heterocycles. The van der Waals surface area contributed by atoms with Gasteiger partial charge in [0, 0.05) is 18.2 Å². The standard InChI is InChI=1S/C22H24N2O6/c1-15-4-3-5-17(12-15)29-11-10-24-18-7-6-16(13-19(18)30-14-21(24)26)23-20(25)8-9-22(27)28-2/h3-7,12-13H,8-11,14H2,1-2H3,(H,23,25). The average Bonchev–Trinajstić information content (AvgIpc) is 2.73. The number of hydrogen-bond donors (Lipinski definition) is 1. The molecule has 8 heteroatoms. The summed E-state index contributed by atoms with van der Waals surface area (Å²) in [4.78, 5) is 37.1. The predicted octanol–water partition coefficient (Wildman–Crippen LogP) is 2.69. The lowest BCUT2D eigenvalue weighted by Crippen LogP contribution is -2.41. The van der Waals surface area contributed by atoms with Gasteiger partial charge >= 0.3 is 5.97 Å². The number of hydrogen-bond acceptors (Lipinski definition) is 6. The van der Waals surface area contributed by atoms with Crippen LogP contribution in [-0.2, 0) is 19.1 Å². The van der Waals surface area contributed by atoms with E-state index in [1.165, 1.54) is 7.11 Å². The van der Waals surface area contributed by atoms with Crippen LogP contribution in [0.4, 0.5) is 11.4 Å². The van der Waals surface area contributed by atoms with Crippen LogP contribution in [0, 0.1) is 6.92 Å². The molecule has 0 saturated heterocycles. The molecule has 8 nitrogen and oxygen atoms in total. The van der Waals surface area contributed by atoms with E-state index in [2.05, 4.69) is 10.1 Å². The Hall–Kier alpha value is -3.55. The molecule has 2 amide bonds. The molecule has 2 aromatic carbocycles. The Morgan fingerprint density at radius 2 is 2.00 bits per heavy atom. The maximum absolute atomic E-state index is 12.3. The molecular formula is C22H24N2O6. The van der Waals surface area contributed by atoms with E-state index in [0.717, 1.165) is 11.3 Å². The lowest BCUT2D eigenvalue weighted by molar-refractivity contribution is -0.141. The lowest BCUT2D eigenvalue weighted by Gasteiger charge is -2.29. The summed E-state index contributed by atoms with van der Waals surface area (Å²) in [5.41, 5.74) is 2.24. The number of nitrogens with one attached hydrogen (secondary N) is 1. The van der Waals surface area contributed by atoms with Gasteiger partial charge in [-0.05, 0) is 36.8 Å². The van der Waals surface area contributed by atoms with Gasteiger partial charge in [-0.1, -0.05) is 12.1 Å². The number of carbonyl (C=O) groups excluding carboxylic acids is 3. The summed E-state index contributed by atoms with van der Waals surface area (Å²) >= 11 is 0. The highest BCUT2D eigenvalue weighted by atomic mass is 16.5. The highest BCUT2D eigenvalue weighted by Gasteiger charge is 2.25. The number of carbonyl (C=O) groups is 3. The van der Waals surface area contributed by atoms with Crippen molar-refractivity contribution in [3.63, 3.8) is 0 Å². The van der Waals surface area contributed by atoms with Gasteiger partial charge in [0.15, 0.2) is 6.61 Å². The van der Waals surface area contributed by atoms with Gasteiger partial charge in [-0.25, -0.2) is 0 Å². The number of aryl methyl sites for hydroxylation is 1. The minimum atomic E-state index is -0.444. The number of benzene rings is 2. The third kappa shape index (κ3) is 5.50. The normalized spacial score (nSPS) is 12.6. The number of esters is 1. The van der Waals surface area contributed by atoms with Gasteiger partial charge in [0.1, 0.15) is 18.1 Å². The van der Waals surface area contributed by atoms with Gasteiger partial charge < -0.3 is 24.4 Å². The van der Waals surface area contributed by atoms with Crippen LogP contribution in [0.15, 0.2) is 42.5 Å². The van der Waals surface area contributed by atoms with Crippen molar-refractivity contribution >= 4 is 29.2 Å². The number of nitrogens with zero attached hydrogens (tertiary/aromatic N) is 1. The number of fused-ring (bicyclic) bond motifs is 1. The summed E-state index contributed by atoms with van der Waals surface area (Å²) in [5, 5.41) is 2.71. The Kier molecular flexibility index (Phi) is 6.90. The molecule has 0 radical (unpaired) electrons. The zero-order valence-electron chi connectivity index (χ0n) is 17.0. The molecule has 30 heavy (non-hydrogen) atoms. The minimum absolute atomic E-state index is 0.00694. The first-order valence-electron chi connectivity index (χ1n) is 9.59. The Morgan fingerprint density at radius 1 is 1.17 bits per heavy atom. The molecule has 0 spiro atoms. The average molecular weight is 412 g/mol. The summed E-state index contributed by atoms with van der Waals surface area (Å²) < 4.78 is 15.8. The smallest absolute Gasteiger partial charge is 0.306 e. The fourth-order valence-electron chi connectivity index (χ4n) is 3.03. The maximum Gasteiger partial charge on any atom is 0.306 e. The molecule has 0 unspecified atom stereocenters. The van der Waals surface area contributed by atoms with E-state index < -0.39 is 5.97 Å². The van der Waals surface area contributed by atoms with Crippen molar-refractivity contribution in [2.45, 2.75) is 19.8 Å². The van der Waals surface area contributed by atoms with Crippen LogP contribution in [0.25, 0.3) is 0 Å². The highest BCUT2D eigenvalue weighted by Crippen LogP contribution is 2.34. The Bertz CT molecular complexity index is 943. The van der Waals surface area contributed by atoms with Crippen molar-refractivity contribution in [1.82, 2.24) is 0 Å². The van der Waals surface area contributed by atoms with Gasteiger partial charge in [0.05, 0.1) is 25.8 Å². The molecule has 1 aliphatic rings. The van der Waals surface area contributed by atoms with Crippen molar-refractivity contribution < 1.29 is 28.6 Å². The third-order valence-electron chi connectivity index (χ3n) is 4.54. The van der Waals surface area contributed by atoms with Crippen LogP contribution in [0.5, 0.6) is 11.5 Å². The Morgan fingerprint density at radius 3 is 2.77 bits per heavy atom. The first kappa shape index (κ1) is 21.2. The van der Waals surface area contributed by atoms with Crippen LogP contribution in [0.1, 0.15) is 18.4 Å². The van der Waals surface area contributed by atoms with E-state index in [1.54, 1.807) is 23.1 Å². The van der Waals surface area contributed by atoms with E-state index in [4.69, 9.17) is 9.47 Å². The number of rotatable bonds is 8. The predicted molar refractivity (Wildman–Crippen MR) is 111 cm³/mol. The molecule has 0 fully saturated rings. The molecule has 1 aliphatic heterocycles. The molecular weight excluding hydrogens is 388 g/mol. The van der Waals surface area contributed by atoms with Crippen LogP contribution in [0.2, 0.25) is 0 Å². The second-order valence-corrected chi connectivity index (χ2v) is 6.81. The maximum atomic E-state index is 12.3. The van der Waals surface area contributed by atoms with E-state index in [9.17, 15) is 14.4 Å². The van der Waals surface area contributed by atoms with Crippen LogP contribution in [-0.4, -0.2) is 44.7 Å². The zero-order valence-corrected chi connectivity index (χ0v) is 17.0. The van der Waals surface area contributed by atoms with Gasteiger partial charge in [-0.15, -0.1) is 0 Å². The van der Waals surface area contributed by atoms with Crippen LogP contribution >= 0.6 is 0 Å². The monoisotopic (exact) mass is 412 g/mol. The Balaban J connectivity index is 1.61. The third-order valence-corrected chi connectivity index (χ3v) is 4.54. The molecule has 158 valence electrons. The fraction of sp³-hybridized carbons (Fsp3) is 0.318. The first-order chi connectivity index (χ1) is 14.5. The zero-order chi connectivity index (χ0) is 21.5. The quantitative estimate of drug-likeness (QED) is 0.670. The molecule has 0 atom stereocenters. The van der Waals surface area contributed by atoms with Gasteiger partial charge in [-0.2, -0.15) is 0 Å². The molecule has 3 rings (SSSR count). The summed E-state index contributed by atoms with van der Waals surface area (Å²) in [6, 6.07) is 12.8. The topological polar surface area (TPSA) is 94.2 Å².